The van der Waals surface area contributed by atoms with E-state index in [1.165, 1.54) is 0 Å². The Bertz CT molecular complexity index is 472. The summed E-state index contributed by atoms with van der Waals surface area (Å²) in [5.74, 6) is -0.382. The molecule has 1 unspecified atom stereocenters. The van der Waals surface area contributed by atoms with Crippen molar-refractivity contribution < 1.29 is 14.3 Å². The Kier molecular flexibility index (Phi) is 6.03. The molecule has 2 amide bonds. The van der Waals surface area contributed by atoms with Crippen molar-refractivity contribution in [1.82, 2.24) is 5.32 Å². The second-order valence-corrected chi connectivity index (χ2v) is 4.96. The lowest BCUT2D eigenvalue weighted by Gasteiger charge is -2.12. The molecule has 1 aromatic carbocycles. The summed E-state index contributed by atoms with van der Waals surface area (Å²) in [4.78, 5) is 23.5. The molecular formula is C15H22N2O3. The minimum Gasteiger partial charge on any atom is -0.459 e. The molecule has 0 saturated heterocycles. The molecule has 110 valence electrons. The van der Waals surface area contributed by atoms with E-state index in [-0.39, 0.29) is 24.1 Å². The minimum absolute atomic E-state index is 0.0496. The zero-order chi connectivity index (χ0) is 15.1. The van der Waals surface area contributed by atoms with Crippen molar-refractivity contribution >= 4 is 17.7 Å². The number of anilines is 1. The average molecular weight is 278 g/mol. The number of benzene rings is 1. The average Bonchev–Trinajstić information content (AvgIpc) is 2.37. The standard InChI is InChI=1S/C15H22N2O3/c1-5-11(4)20-14(18)12-7-6-8-13(9-12)17-15(19)16-10(2)3/h6-11H,5H2,1-4H3,(H2,16,17,19). The van der Waals surface area contributed by atoms with Gasteiger partial charge in [0.1, 0.15) is 0 Å². The first-order valence-corrected chi connectivity index (χ1v) is 6.81. The van der Waals surface area contributed by atoms with Gasteiger partial charge in [-0.05, 0) is 45.4 Å². The lowest BCUT2D eigenvalue weighted by atomic mass is 10.2. The van der Waals surface area contributed by atoms with Crippen molar-refractivity contribution in [3.63, 3.8) is 0 Å². The zero-order valence-electron chi connectivity index (χ0n) is 12.4. The van der Waals surface area contributed by atoms with Crippen LogP contribution in [-0.4, -0.2) is 24.1 Å². The number of rotatable bonds is 5. The number of hydrogen-bond acceptors (Lipinski definition) is 3. The Morgan fingerprint density at radius 3 is 2.55 bits per heavy atom. The molecule has 5 nitrogen and oxygen atoms in total. The quantitative estimate of drug-likeness (QED) is 0.813. The molecule has 20 heavy (non-hydrogen) atoms. The third-order valence-electron chi connectivity index (χ3n) is 2.66. The van der Waals surface area contributed by atoms with E-state index in [0.29, 0.717) is 11.3 Å². The summed E-state index contributed by atoms with van der Waals surface area (Å²) in [6.45, 7) is 7.54. The molecule has 0 aliphatic carbocycles. The molecule has 1 aromatic rings. The number of urea groups is 1. The van der Waals surface area contributed by atoms with Crippen molar-refractivity contribution in [2.75, 3.05) is 5.32 Å². The smallest absolute Gasteiger partial charge is 0.338 e. The van der Waals surface area contributed by atoms with E-state index in [1.807, 2.05) is 27.7 Å². The number of carbonyl (C=O) groups is 2. The van der Waals surface area contributed by atoms with Crippen LogP contribution in [0.1, 0.15) is 44.5 Å². The summed E-state index contributed by atoms with van der Waals surface area (Å²) in [5, 5.41) is 5.39. The van der Waals surface area contributed by atoms with Gasteiger partial charge < -0.3 is 15.4 Å². The molecule has 5 heteroatoms. The van der Waals surface area contributed by atoms with E-state index in [1.54, 1.807) is 24.3 Å². The van der Waals surface area contributed by atoms with Crippen LogP contribution in [0.15, 0.2) is 24.3 Å². The van der Waals surface area contributed by atoms with Crippen molar-refractivity contribution in [2.45, 2.75) is 46.3 Å². The molecule has 0 aliphatic rings. The van der Waals surface area contributed by atoms with Crippen molar-refractivity contribution in [1.29, 1.82) is 0 Å². The van der Waals surface area contributed by atoms with E-state index in [9.17, 15) is 9.59 Å². The van der Waals surface area contributed by atoms with Gasteiger partial charge in [-0.15, -0.1) is 0 Å². The maximum atomic E-state index is 11.9. The van der Waals surface area contributed by atoms with E-state index in [4.69, 9.17) is 4.74 Å². The Hall–Kier alpha value is -2.04. The fourth-order valence-corrected chi connectivity index (χ4v) is 1.49. The monoisotopic (exact) mass is 278 g/mol. The first-order valence-electron chi connectivity index (χ1n) is 6.81. The Morgan fingerprint density at radius 2 is 1.95 bits per heavy atom. The summed E-state index contributed by atoms with van der Waals surface area (Å²) >= 11 is 0. The Labute approximate surface area is 119 Å². The zero-order valence-corrected chi connectivity index (χ0v) is 12.4. The number of ether oxygens (including phenoxy) is 1. The number of esters is 1. The van der Waals surface area contributed by atoms with E-state index < -0.39 is 0 Å². The number of carbonyl (C=O) groups excluding carboxylic acids is 2. The van der Waals surface area contributed by atoms with Crippen LogP contribution in [0.2, 0.25) is 0 Å². The second-order valence-electron chi connectivity index (χ2n) is 4.96. The molecule has 0 spiro atoms. The third kappa shape index (κ3) is 5.30. The van der Waals surface area contributed by atoms with E-state index in [0.717, 1.165) is 6.42 Å². The van der Waals surface area contributed by atoms with Gasteiger partial charge in [-0.1, -0.05) is 13.0 Å². The highest BCUT2D eigenvalue weighted by Gasteiger charge is 2.12. The van der Waals surface area contributed by atoms with Crippen LogP contribution in [0, 0.1) is 0 Å². The highest BCUT2D eigenvalue weighted by molar-refractivity contribution is 5.94. The lowest BCUT2D eigenvalue weighted by Crippen LogP contribution is -2.34. The van der Waals surface area contributed by atoms with Crippen molar-refractivity contribution in [3.05, 3.63) is 29.8 Å². The van der Waals surface area contributed by atoms with Gasteiger partial charge in [0.25, 0.3) is 0 Å². The maximum absolute atomic E-state index is 11.9. The Morgan fingerprint density at radius 1 is 1.25 bits per heavy atom. The van der Waals surface area contributed by atoms with Crippen molar-refractivity contribution in [3.8, 4) is 0 Å². The first kappa shape index (κ1) is 16.0. The largest absolute Gasteiger partial charge is 0.459 e. The van der Waals surface area contributed by atoms with Gasteiger partial charge in [-0.2, -0.15) is 0 Å². The van der Waals surface area contributed by atoms with Gasteiger partial charge in [0, 0.05) is 11.7 Å². The molecule has 2 N–H and O–H groups in total. The van der Waals surface area contributed by atoms with Crippen LogP contribution >= 0.6 is 0 Å². The van der Waals surface area contributed by atoms with E-state index >= 15 is 0 Å². The highest BCUT2D eigenvalue weighted by atomic mass is 16.5. The summed E-state index contributed by atoms with van der Waals surface area (Å²) in [7, 11) is 0. The molecule has 1 rings (SSSR count). The predicted molar refractivity (Wildman–Crippen MR) is 78.9 cm³/mol. The minimum atomic E-state index is -0.382. The van der Waals surface area contributed by atoms with E-state index in [2.05, 4.69) is 10.6 Å². The second kappa shape index (κ2) is 7.53. The van der Waals surface area contributed by atoms with Crippen LogP contribution in [0.4, 0.5) is 10.5 Å². The van der Waals surface area contributed by atoms with Crippen molar-refractivity contribution in [2.24, 2.45) is 0 Å². The molecule has 0 radical (unpaired) electrons. The molecule has 0 saturated carbocycles. The van der Waals surface area contributed by atoms with Crippen LogP contribution < -0.4 is 10.6 Å². The third-order valence-corrected chi connectivity index (χ3v) is 2.66. The molecule has 0 aliphatic heterocycles. The summed E-state index contributed by atoms with van der Waals surface area (Å²) in [5.41, 5.74) is 0.981. The van der Waals surface area contributed by atoms with Crippen LogP contribution in [0.5, 0.6) is 0 Å². The summed E-state index contributed by atoms with van der Waals surface area (Å²) in [6.07, 6.45) is 0.642. The molecule has 0 fully saturated rings. The van der Waals surface area contributed by atoms with Gasteiger partial charge in [0.2, 0.25) is 0 Å². The number of amides is 2. The number of hydrogen-bond donors (Lipinski definition) is 2. The summed E-state index contributed by atoms with van der Waals surface area (Å²) < 4.78 is 5.24. The molecule has 0 aromatic heterocycles. The van der Waals surface area contributed by atoms with Gasteiger partial charge in [-0.3, -0.25) is 0 Å². The molecule has 0 bridgehead atoms. The summed E-state index contributed by atoms with van der Waals surface area (Å²) in [6, 6.07) is 6.44. The molecule has 0 heterocycles. The van der Waals surface area contributed by atoms with Gasteiger partial charge >= 0.3 is 12.0 Å². The highest BCUT2D eigenvalue weighted by Crippen LogP contribution is 2.13. The van der Waals surface area contributed by atoms with Gasteiger partial charge in [0.15, 0.2) is 0 Å². The predicted octanol–water partition coefficient (Wildman–Crippen LogP) is 3.17. The topological polar surface area (TPSA) is 67.4 Å². The fourth-order valence-electron chi connectivity index (χ4n) is 1.49. The van der Waals surface area contributed by atoms with Gasteiger partial charge in [0.05, 0.1) is 11.7 Å². The van der Waals surface area contributed by atoms with Gasteiger partial charge in [-0.25, -0.2) is 9.59 Å². The van der Waals surface area contributed by atoms with Crippen LogP contribution in [-0.2, 0) is 4.74 Å². The fraction of sp³-hybridized carbons (Fsp3) is 0.467. The number of nitrogens with one attached hydrogen (secondary N) is 2. The SMILES string of the molecule is CCC(C)OC(=O)c1cccc(NC(=O)NC(C)C)c1. The lowest BCUT2D eigenvalue weighted by molar-refractivity contribution is 0.0334. The Balaban J connectivity index is 2.70. The van der Waals surface area contributed by atoms with Crippen LogP contribution in [0.25, 0.3) is 0 Å². The normalized spacial score (nSPS) is 11.8. The molecule has 1 atom stereocenters. The maximum Gasteiger partial charge on any atom is 0.338 e. The molecular weight excluding hydrogens is 256 g/mol. The first-order chi connectivity index (χ1) is 9.42. The van der Waals surface area contributed by atoms with Crippen LogP contribution in [0.3, 0.4) is 0 Å².